The molecule has 6 nitrogen and oxygen atoms in total. The molecule has 0 radical (unpaired) electrons. The highest BCUT2D eigenvalue weighted by molar-refractivity contribution is 5.76. The summed E-state index contributed by atoms with van der Waals surface area (Å²) in [4.78, 5) is 23.8. The molecule has 0 fully saturated rings. The summed E-state index contributed by atoms with van der Waals surface area (Å²) in [6.07, 6.45) is -4.51. The van der Waals surface area contributed by atoms with Gasteiger partial charge in [0.1, 0.15) is 5.69 Å². The van der Waals surface area contributed by atoms with E-state index in [0.717, 1.165) is 6.07 Å². The van der Waals surface area contributed by atoms with Crippen molar-refractivity contribution in [2.75, 3.05) is 18.9 Å². The van der Waals surface area contributed by atoms with Crippen LogP contribution in [0.25, 0.3) is 0 Å². The second kappa shape index (κ2) is 8.52. The number of carbonyl (C=O) groups excluding carboxylic acids is 1. The van der Waals surface area contributed by atoms with E-state index in [1.165, 1.54) is 48.3 Å². The lowest BCUT2D eigenvalue weighted by Gasteiger charge is -2.20. The first-order valence-electron chi connectivity index (χ1n) is 8.06. The summed E-state index contributed by atoms with van der Waals surface area (Å²) in [6, 6.07) is 11.1. The molecule has 1 amide bonds. The van der Waals surface area contributed by atoms with Crippen molar-refractivity contribution in [3.05, 3.63) is 69.8 Å². The van der Waals surface area contributed by atoms with Crippen LogP contribution in [0.3, 0.4) is 0 Å². The van der Waals surface area contributed by atoms with Gasteiger partial charge in [-0.25, -0.2) is 0 Å². The molecular weight excluding hydrogens is 363 g/mol. The predicted octanol–water partition coefficient (Wildman–Crippen LogP) is 4.07. The molecule has 0 unspecified atom stereocenters. The second-order valence-electron chi connectivity index (χ2n) is 5.86. The Balaban J connectivity index is 1.95. The minimum Gasteiger partial charge on any atom is -0.379 e. The Bertz CT molecular complexity index is 825. The van der Waals surface area contributed by atoms with Crippen molar-refractivity contribution in [3.63, 3.8) is 0 Å². The van der Waals surface area contributed by atoms with Gasteiger partial charge in [-0.2, -0.15) is 13.2 Å². The van der Waals surface area contributed by atoms with Crippen LogP contribution in [0.2, 0.25) is 0 Å². The lowest BCUT2D eigenvalue weighted by molar-refractivity contribution is -0.384. The Morgan fingerprint density at radius 3 is 2.44 bits per heavy atom. The highest BCUT2D eigenvalue weighted by Gasteiger charge is 2.33. The molecule has 0 aliphatic carbocycles. The summed E-state index contributed by atoms with van der Waals surface area (Å²) in [6.45, 7) is -0.0606. The second-order valence-corrected chi connectivity index (χ2v) is 5.86. The monoisotopic (exact) mass is 381 g/mol. The predicted molar refractivity (Wildman–Crippen MR) is 94.1 cm³/mol. The van der Waals surface area contributed by atoms with E-state index < -0.39 is 16.7 Å². The van der Waals surface area contributed by atoms with Gasteiger partial charge >= 0.3 is 6.18 Å². The van der Waals surface area contributed by atoms with Crippen molar-refractivity contribution in [1.82, 2.24) is 4.90 Å². The third-order valence-electron chi connectivity index (χ3n) is 3.91. The van der Waals surface area contributed by atoms with Gasteiger partial charge in [0.25, 0.3) is 5.69 Å². The molecule has 0 saturated heterocycles. The number of nitrogens with zero attached hydrogens (tertiary/aromatic N) is 2. The number of nitro groups is 1. The molecule has 2 rings (SSSR count). The molecule has 0 spiro atoms. The Morgan fingerprint density at radius 2 is 1.78 bits per heavy atom. The average Bonchev–Trinajstić information content (AvgIpc) is 2.61. The fraction of sp³-hybridized carbons (Fsp3) is 0.278. The van der Waals surface area contributed by atoms with Crippen molar-refractivity contribution in [3.8, 4) is 0 Å². The molecule has 9 heteroatoms. The Morgan fingerprint density at radius 1 is 1.15 bits per heavy atom. The number of hydrogen-bond donors (Lipinski definition) is 1. The van der Waals surface area contributed by atoms with E-state index in [1.807, 2.05) is 0 Å². The van der Waals surface area contributed by atoms with E-state index in [4.69, 9.17) is 0 Å². The fourth-order valence-electron chi connectivity index (χ4n) is 2.56. The standard InChI is InChI=1S/C18H18F3N3O3/c1-23(12-13-6-2-3-7-14(13)18(19,20)21)17(25)10-11-22-15-8-4-5-9-16(15)24(26)27/h2-9,22H,10-12H2,1H3. The molecule has 0 aliphatic rings. The summed E-state index contributed by atoms with van der Waals surface area (Å²) in [7, 11) is 1.42. The minimum absolute atomic E-state index is 0.00695. The van der Waals surface area contributed by atoms with Gasteiger partial charge in [0, 0.05) is 32.6 Å². The van der Waals surface area contributed by atoms with Crippen molar-refractivity contribution in [2.45, 2.75) is 19.1 Å². The fourth-order valence-corrected chi connectivity index (χ4v) is 2.56. The number of nitro benzene ring substituents is 1. The van der Waals surface area contributed by atoms with E-state index >= 15 is 0 Å². The molecule has 0 atom stereocenters. The average molecular weight is 381 g/mol. The molecule has 144 valence electrons. The molecule has 0 saturated carbocycles. The van der Waals surface area contributed by atoms with Crippen LogP contribution in [0, 0.1) is 10.1 Å². The maximum atomic E-state index is 13.0. The van der Waals surface area contributed by atoms with Crippen molar-refractivity contribution < 1.29 is 22.9 Å². The Kier molecular flexibility index (Phi) is 6.38. The van der Waals surface area contributed by atoms with E-state index in [0.29, 0.717) is 0 Å². The molecule has 0 aliphatic heterocycles. The molecule has 2 aromatic carbocycles. The number of nitrogens with one attached hydrogen (secondary N) is 1. The SMILES string of the molecule is CN(Cc1ccccc1C(F)(F)F)C(=O)CCNc1ccccc1[N+](=O)[O-]. The first kappa shape index (κ1) is 20.2. The topological polar surface area (TPSA) is 75.5 Å². The molecule has 27 heavy (non-hydrogen) atoms. The number of benzene rings is 2. The molecule has 1 N–H and O–H groups in total. The number of hydrogen-bond acceptors (Lipinski definition) is 4. The highest BCUT2D eigenvalue weighted by Crippen LogP contribution is 2.32. The largest absolute Gasteiger partial charge is 0.416 e. The van der Waals surface area contributed by atoms with Crippen LogP contribution in [0.5, 0.6) is 0 Å². The zero-order chi connectivity index (χ0) is 20.0. The number of halogens is 3. The number of rotatable bonds is 7. The van der Waals surface area contributed by atoms with Gasteiger partial charge in [0.15, 0.2) is 0 Å². The third kappa shape index (κ3) is 5.44. The van der Waals surface area contributed by atoms with Gasteiger partial charge in [-0.3, -0.25) is 14.9 Å². The lowest BCUT2D eigenvalue weighted by Crippen LogP contribution is -2.28. The third-order valence-corrected chi connectivity index (χ3v) is 3.91. The minimum atomic E-state index is -4.49. The zero-order valence-electron chi connectivity index (χ0n) is 14.5. The number of amides is 1. The summed E-state index contributed by atoms with van der Waals surface area (Å²) < 4.78 is 39.1. The van der Waals surface area contributed by atoms with Gasteiger partial charge in [0.2, 0.25) is 5.91 Å². The summed E-state index contributed by atoms with van der Waals surface area (Å²) in [5.74, 6) is -0.377. The van der Waals surface area contributed by atoms with Crippen LogP contribution in [0.1, 0.15) is 17.5 Å². The molecule has 0 aromatic heterocycles. The van der Waals surface area contributed by atoms with Gasteiger partial charge in [-0.1, -0.05) is 30.3 Å². The highest BCUT2D eigenvalue weighted by atomic mass is 19.4. The van der Waals surface area contributed by atoms with Crippen LogP contribution in [-0.2, 0) is 17.5 Å². The van der Waals surface area contributed by atoms with Crippen LogP contribution in [0.15, 0.2) is 48.5 Å². The van der Waals surface area contributed by atoms with Gasteiger partial charge in [0.05, 0.1) is 10.5 Å². The van der Waals surface area contributed by atoms with Gasteiger partial charge < -0.3 is 10.2 Å². The number of para-hydroxylation sites is 2. The number of anilines is 1. The van der Waals surface area contributed by atoms with Crippen molar-refractivity contribution in [1.29, 1.82) is 0 Å². The zero-order valence-corrected chi connectivity index (χ0v) is 14.5. The van der Waals surface area contributed by atoms with Crippen LogP contribution in [-0.4, -0.2) is 29.3 Å². The smallest absolute Gasteiger partial charge is 0.379 e. The summed E-state index contributed by atoms with van der Waals surface area (Å²) in [5.41, 5.74) is -0.604. The lowest BCUT2D eigenvalue weighted by atomic mass is 10.1. The van der Waals surface area contributed by atoms with Gasteiger partial charge in [-0.15, -0.1) is 0 Å². The first-order valence-corrected chi connectivity index (χ1v) is 8.06. The maximum absolute atomic E-state index is 13.0. The molecule has 0 heterocycles. The number of carbonyl (C=O) groups is 1. The van der Waals surface area contributed by atoms with E-state index in [9.17, 15) is 28.1 Å². The quantitative estimate of drug-likeness (QED) is 0.579. The van der Waals surface area contributed by atoms with Gasteiger partial charge in [-0.05, 0) is 17.7 Å². The van der Waals surface area contributed by atoms with Crippen LogP contribution < -0.4 is 5.32 Å². The summed E-state index contributed by atoms with van der Waals surface area (Å²) in [5, 5.41) is 13.8. The van der Waals surface area contributed by atoms with Crippen molar-refractivity contribution in [2.24, 2.45) is 0 Å². The van der Waals surface area contributed by atoms with E-state index in [-0.39, 0.29) is 42.4 Å². The van der Waals surface area contributed by atoms with E-state index in [2.05, 4.69) is 5.32 Å². The molecule has 0 bridgehead atoms. The molecule has 2 aromatic rings. The molecular formula is C18H18F3N3O3. The summed E-state index contributed by atoms with van der Waals surface area (Å²) >= 11 is 0. The first-order chi connectivity index (χ1) is 12.7. The maximum Gasteiger partial charge on any atom is 0.416 e. The van der Waals surface area contributed by atoms with E-state index in [1.54, 1.807) is 6.07 Å². The normalized spacial score (nSPS) is 11.1. The van der Waals surface area contributed by atoms with Crippen LogP contribution >= 0.6 is 0 Å². The Hall–Kier alpha value is -3.10. The van der Waals surface area contributed by atoms with Crippen LogP contribution in [0.4, 0.5) is 24.5 Å². The Labute approximate surface area is 153 Å². The van der Waals surface area contributed by atoms with Crippen molar-refractivity contribution >= 4 is 17.3 Å². The number of alkyl halides is 3.